The Balaban J connectivity index is 3.37. The highest BCUT2D eigenvalue weighted by molar-refractivity contribution is 4.61. The molecule has 0 aromatic rings. The van der Waals surface area contributed by atoms with Crippen LogP contribution in [-0.4, -0.2) is 45.3 Å². The maximum absolute atomic E-state index is 5.65. The molecule has 0 saturated heterocycles. The van der Waals surface area contributed by atoms with Crippen LogP contribution in [0.5, 0.6) is 0 Å². The third-order valence-electron chi connectivity index (χ3n) is 2.72. The second-order valence-electron chi connectivity index (χ2n) is 3.95. The first-order valence-electron chi connectivity index (χ1n) is 5.62. The lowest BCUT2D eigenvalue weighted by atomic mass is 10.0. The van der Waals surface area contributed by atoms with E-state index in [2.05, 4.69) is 18.9 Å². The van der Waals surface area contributed by atoms with Crippen molar-refractivity contribution in [3.63, 3.8) is 0 Å². The molecule has 3 heteroatoms. The van der Waals surface area contributed by atoms with Gasteiger partial charge in [0.05, 0.1) is 0 Å². The van der Waals surface area contributed by atoms with Gasteiger partial charge in [-0.25, -0.2) is 0 Å². The Morgan fingerprint density at radius 1 is 1.36 bits per heavy atom. The van der Waals surface area contributed by atoms with E-state index in [0.29, 0.717) is 5.92 Å². The molecule has 0 saturated carbocycles. The molecule has 0 bridgehead atoms. The van der Waals surface area contributed by atoms with Crippen LogP contribution in [0, 0.1) is 5.92 Å². The topological polar surface area (TPSA) is 38.5 Å². The SMILES string of the molecule is CCC(CN)CCN(C)CCCOC. The molecule has 0 aromatic carbocycles. The number of rotatable bonds is 9. The zero-order valence-electron chi connectivity index (χ0n) is 9.96. The van der Waals surface area contributed by atoms with Crippen molar-refractivity contribution in [3.05, 3.63) is 0 Å². The zero-order chi connectivity index (χ0) is 10.8. The van der Waals surface area contributed by atoms with Crippen LogP contribution < -0.4 is 5.73 Å². The first-order chi connectivity index (χ1) is 6.74. The highest BCUT2D eigenvalue weighted by Gasteiger charge is 2.05. The van der Waals surface area contributed by atoms with Gasteiger partial charge in [0.1, 0.15) is 0 Å². The molecule has 86 valence electrons. The Morgan fingerprint density at radius 3 is 2.57 bits per heavy atom. The van der Waals surface area contributed by atoms with Crippen molar-refractivity contribution in [1.82, 2.24) is 4.90 Å². The molecule has 3 nitrogen and oxygen atoms in total. The van der Waals surface area contributed by atoms with Gasteiger partial charge in [-0.15, -0.1) is 0 Å². The van der Waals surface area contributed by atoms with Gasteiger partial charge in [-0.3, -0.25) is 0 Å². The fraction of sp³-hybridized carbons (Fsp3) is 1.00. The fourth-order valence-electron chi connectivity index (χ4n) is 1.48. The van der Waals surface area contributed by atoms with Gasteiger partial charge in [-0.05, 0) is 38.9 Å². The third kappa shape index (κ3) is 7.30. The number of ether oxygens (including phenoxy) is 1. The summed E-state index contributed by atoms with van der Waals surface area (Å²) in [5.74, 6) is 0.694. The Bertz CT molecular complexity index is 116. The summed E-state index contributed by atoms with van der Waals surface area (Å²) in [4.78, 5) is 2.36. The van der Waals surface area contributed by atoms with E-state index < -0.39 is 0 Å². The van der Waals surface area contributed by atoms with Crippen molar-refractivity contribution < 1.29 is 4.74 Å². The van der Waals surface area contributed by atoms with E-state index in [9.17, 15) is 0 Å². The molecule has 0 fully saturated rings. The summed E-state index contributed by atoms with van der Waals surface area (Å²) in [6.45, 7) is 6.16. The van der Waals surface area contributed by atoms with Crippen molar-refractivity contribution in [2.45, 2.75) is 26.2 Å². The van der Waals surface area contributed by atoms with Gasteiger partial charge in [0.25, 0.3) is 0 Å². The average molecular weight is 202 g/mol. The van der Waals surface area contributed by atoms with Gasteiger partial charge < -0.3 is 15.4 Å². The number of methoxy groups -OCH3 is 1. The fourth-order valence-corrected chi connectivity index (χ4v) is 1.48. The normalized spacial score (nSPS) is 13.5. The second kappa shape index (κ2) is 9.44. The van der Waals surface area contributed by atoms with Gasteiger partial charge in [0.2, 0.25) is 0 Å². The number of nitrogens with zero attached hydrogens (tertiary/aromatic N) is 1. The average Bonchev–Trinajstić information content (AvgIpc) is 2.20. The molecule has 1 atom stereocenters. The monoisotopic (exact) mass is 202 g/mol. The first-order valence-corrected chi connectivity index (χ1v) is 5.62. The lowest BCUT2D eigenvalue weighted by molar-refractivity contribution is 0.177. The maximum Gasteiger partial charge on any atom is 0.0474 e. The van der Waals surface area contributed by atoms with Gasteiger partial charge in [-0.2, -0.15) is 0 Å². The Kier molecular flexibility index (Phi) is 9.35. The zero-order valence-corrected chi connectivity index (χ0v) is 9.96. The highest BCUT2D eigenvalue weighted by atomic mass is 16.5. The summed E-state index contributed by atoms with van der Waals surface area (Å²) >= 11 is 0. The van der Waals surface area contributed by atoms with E-state index in [4.69, 9.17) is 10.5 Å². The molecular weight excluding hydrogens is 176 g/mol. The summed E-state index contributed by atoms with van der Waals surface area (Å²) in [5, 5.41) is 0. The quantitative estimate of drug-likeness (QED) is 0.573. The predicted octanol–water partition coefficient (Wildman–Crippen LogP) is 1.33. The molecule has 1 unspecified atom stereocenters. The molecule has 0 aliphatic carbocycles. The molecule has 2 N–H and O–H groups in total. The van der Waals surface area contributed by atoms with E-state index in [-0.39, 0.29) is 0 Å². The van der Waals surface area contributed by atoms with E-state index in [1.807, 2.05) is 0 Å². The Morgan fingerprint density at radius 2 is 2.07 bits per heavy atom. The number of hydrogen-bond donors (Lipinski definition) is 1. The molecular formula is C11H26N2O. The van der Waals surface area contributed by atoms with Crippen molar-refractivity contribution >= 4 is 0 Å². The minimum Gasteiger partial charge on any atom is -0.385 e. The van der Waals surface area contributed by atoms with Gasteiger partial charge >= 0.3 is 0 Å². The summed E-state index contributed by atoms with van der Waals surface area (Å²) in [7, 11) is 3.92. The summed E-state index contributed by atoms with van der Waals surface area (Å²) in [6, 6.07) is 0. The highest BCUT2D eigenvalue weighted by Crippen LogP contribution is 2.06. The largest absolute Gasteiger partial charge is 0.385 e. The van der Waals surface area contributed by atoms with E-state index in [1.54, 1.807) is 7.11 Å². The van der Waals surface area contributed by atoms with Crippen LogP contribution in [0.1, 0.15) is 26.2 Å². The minimum atomic E-state index is 0.694. The van der Waals surface area contributed by atoms with Crippen LogP contribution in [-0.2, 0) is 4.74 Å². The van der Waals surface area contributed by atoms with Crippen molar-refractivity contribution in [1.29, 1.82) is 0 Å². The lowest BCUT2D eigenvalue weighted by Gasteiger charge is -2.19. The molecule has 0 rings (SSSR count). The van der Waals surface area contributed by atoms with Crippen LogP contribution in [0.4, 0.5) is 0 Å². The predicted molar refractivity (Wildman–Crippen MR) is 61.4 cm³/mol. The van der Waals surface area contributed by atoms with Gasteiger partial charge in [-0.1, -0.05) is 13.3 Å². The molecule has 0 aliphatic heterocycles. The van der Waals surface area contributed by atoms with Crippen molar-refractivity contribution in [3.8, 4) is 0 Å². The Hall–Kier alpha value is -0.120. The summed E-state index contributed by atoms with van der Waals surface area (Å²) in [5.41, 5.74) is 5.65. The van der Waals surface area contributed by atoms with Crippen LogP contribution >= 0.6 is 0 Å². The second-order valence-corrected chi connectivity index (χ2v) is 3.95. The lowest BCUT2D eigenvalue weighted by Crippen LogP contribution is -2.25. The summed E-state index contributed by atoms with van der Waals surface area (Å²) in [6.07, 6.45) is 3.53. The molecule has 0 radical (unpaired) electrons. The first kappa shape index (κ1) is 13.9. The van der Waals surface area contributed by atoms with Crippen LogP contribution in [0.25, 0.3) is 0 Å². The third-order valence-corrected chi connectivity index (χ3v) is 2.72. The van der Waals surface area contributed by atoms with Gasteiger partial charge in [0, 0.05) is 20.3 Å². The summed E-state index contributed by atoms with van der Waals surface area (Å²) < 4.78 is 5.01. The molecule has 14 heavy (non-hydrogen) atoms. The molecule has 0 aromatic heterocycles. The van der Waals surface area contributed by atoms with Crippen molar-refractivity contribution in [2.75, 3.05) is 40.4 Å². The molecule has 0 amide bonds. The number of hydrogen-bond acceptors (Lipinski definition) is 3. The minimum absolute atomic E-state index is 0.694. The molecule has 0 aliphatic rings. The van der Waals surface area contributed by atoms with E-state index in [0.717, 1.165) is 32.7 Å². The van der Waals surface area contributed by atoms with Gasteiger partial charge in [0.15, 0.2) is 0 Å². The van der Waals surface area contributed by atoms with Crippen LogP contribution in [0.15, 0.2) is 0 Å². The maximum atomic E-state index is 5.65. The van der Waals surface area contributed by atoms with Crippen LogP contribution in [0.3, 0.4) is 0 Å². The smallest absolute Gasteiger partial charge is 0.0474 e. The standard InChI is InChI=1S/C11H26N2O/c1-4-11(10-12)6-8-13(2)7-5-9-14-3/h11H,4-10,12H2,1-3H3. The van der Waals surface area contributed by atoms with Crippen molar-refractivity contribution in [2.24, 2.45) is 11.7 Å². The van der Waals surface area contributed by atoms with Crippen LogP contribution in [0.2, 0.25) is 0 Å². The van der Waals surface area contributed by atoms with E-state index >= 15 is 0 Å². The van der Waals surface area contributed by atoms with E-state index in [1.165, 1.54) is 12.8 Å². The molecule has 0 heterocycles. The molecule has 0 spiro atoms. The Labute approximate surface area is 88.6 Å². The number of nitrogens with two attached hydrogens (primary N) is 1.